The maximum atomic E-state index is 12.6. The quantitative estimate of drug-likeness (QED) is 0.813. The zero-order chi connectivity index (χ0) is 17.1. The molecule has 0 N–H and O–H groups in total. The zero-order valence-corrected chi connectivity index (χ0v) is 15.0. The lowest BCUT2D eigenvalue weighted by Gasteiger charge is -2.19. The number of pyridine rings is 1. The van der Waals surface area contributed by atoms with E-state index in [1.807, 2.05) is 18.2 Å². The summed E-state index contributed by atoms with van der Waals surface area (Å²) < 4.78 is 0. The number of halogens is 2. The van der Waals surface area contributed by atoms with Crippen LogP contribution in [0.3, 0.4) is 0 Å². The van der Waals surface area contributed by atoms with Crippen LogP contribution in [0.15, 0.2) is 36.5 Å². The molecule has 1 fully saturated rings. The lowest BCUT2D eigenvalue weighted by molar-refractivity contribution is 0.0785. The molecule has 0 aliphatic carbocycles. The van der Waals surface area contributed by atoms with Gasteiger partial charge in [0.1, 0.15) is 5.82 Å². The van der Waals surface area contributed by atoms with Crippen LogP contribution in [0.4, 0.5) is 5.82 Å². The third kappa shape index (κ3) is 3.82. The Labute approximate surface area is 152 Å². The van der Waals surface area contributed by atoms with Gasteiger partial charge in [-0.2, -0.15) is 0 Å². The molecule has 1 aromatic heterocycles. The maximum Gasteiger partial charge on any atom is 0.255 e. The Morgan fingerprint density at radius 1 is 1.21 bits per heavy atom. The number of benzene rings is 1. The Kier molecular flexibility index (Phi) is 5.27. The molecule has 1 aliphatic heterocycles. The highest BCUT2D eigenvalue weighted by Gasteiger charge is 2.17. The molecule has 126 valence electrons. The molecule has 0 saturated carbocycles. The number of carbonyl (C=O) groups excluding carboxylic acids is 1. The van der Waals surface area contributed by atoms with Gasteiger partial charge in [0.25, 0.3) is 5.91 Å². The van der Waals surface area contributed by atoms with E-state index >= 15 is 0 Å². The van der Waals surface area contributed by atoms with Crippen molar-refractivity contribution in [1.82, 2.24) is 9.88 Å². The van der Waals surface area contributed by atoms with Crippen molar-refractivity contribution in [2.45, 2.75) is 19.4 Å². The fourth-order valence-corrected chi connectivity index (χ4v) is 3.31. The standard InChI is InChI=1S/C18H19Cl2N3O/c1-22(12-14-4-6-15(19)10-16(14)20)18(24)13-5-7-17(21-11-13)23-8-2-3-9-23/h4-7,10-11H,2-3,8-9,12H2,1H3. The van der Waals surface area contributed by atoms with Crippen LogP contribution in [0, 0.1) is 0 Å². The van der Waals surface area contributed by atoms with Gasteiger partial charge < -0.3 is 9.80 Å². The van der Waals surface area contributed by atoms with Gasteiger partial charge in [0.15, 0.2) is 0 Å². The first-order valence-electron chi connectivity index (χ1n) is 7.95. The first-order valence-corrected chi connectivity index (χ1v) is 8.70. The summed E-state index contributed by atoms with van der Waals surface area (Å²) in [7, 11) is 1.75. The Morgan fingerprint density at radius 2 is 1.96 bits per heavy atom. The summed E-state index contributed by atoms with van der Waals surface area (Å²) >= 11 is 12.1. The van der Waals surface area contributed by atoms with Crippen LogP contribution in [0.2, 0.25) is 10.0 Å². The first kappa shape index (κ1) is 17.1. The summed E-state index contributed by atoms with van der Waals surface area (Å²) in [6.07, 6.45) is 4.05. The van der Waals surface area contributed by atoms with E-state index in [1.54, 1.807) is 30.3 Å². The largest absolute Gasteiger partial charge is 0.357 e. The van der Waals surface area contributed by atoms with Gasteiger partial charge in [-0.25, -0.2) is 4.98 Å². The van der Waals surface area contributed by atoms with Gasteiger partial charge in [-0.1, -0.05) is 29.3 Å². The van der Waals surface area contributed by atoms with E-state index in [0.29, 0.717) is 22.2 Å². The van der Waals surface area contributed by atoms with Gasteiger partial charge >= 0.3 is 0 Å². The molecule has 0 unspecified atom stereocenters. The number of anilines is 1. The number of nitrogens with zero attached hydrogens (tertiary/aromatic N) is 3. The molecule has 1 aromatic carbocycles. The van der Waals surface area contributed by atoms with Crippen molar-refractivity contribution >= 4 is 34.9 Å². The summed E-state index contributed by atoms with van der Waals surface area (Å²) in [6.45, 7) is 2.49. The Balaban J connectivity index is 1.68. The molecule has 1 amide bonds. The molecule has 6 heteroatoms. The lowest BCUT2D eigenvalue weighted by Crippen LogP contribution is -2.26. The lowest BCUT2D eigenvalue weighted by atomic mass is 10.2. The van der Waals surface area contributed by atoms with Crippen molar-refractivity contribution in [3.63, 3.8) is 0 Å². The highest BCUT2D eigenvalue weighted by molar-refractivity contribution is 6.35. The molecule has 0 atom stereocenters. The molecular weight excluding hydrogens is 345 g/mol. The van der Waals surface area contributed by atoms with Crippen LogP contribution in [0.5, 0.6) is 0 Å². The molecule has 3 rings (SSSR count). The Hall–Kier alpha value is -1.78. The van der Waals surface area contributed by atoms with Crippen LogP contribution in [0.25, 0.3) is 0 Å². The fourth-order valence-electron chi connectivity index (χ4n) is 2.84. The van der Waals surface area contributed by atoms with Crippen molar-refractivity contribution in [3.05, 3.63) is 57.7 Å². The van der Waals surface area contributed by atoms with Crippen LogP contribution in [0.1, 0.15) is 28.8 Å². The average Bonchev–Trinajstić information content (AvgIpc) is 3.11. The van der Waals surface area contributed by atoms with Gasteiger partial charge in [-0.15, -0.1) is 0 Å². The second kappa shape index (κ2) is 7.41. The maximum absolute atomic E-state index is 12.6. The molecule has 4 nitrogen and oxygen atoms in total. The predicted molar refractivity (Wildman–Crippen MR) is 97.9 cm³/mol. The molecule has 0 radical (unpaired) electrons. The van der Waals surface area contributed by atoms with E-state index in [9.17, 15) is 4.79 Å². The number of aromatic nitrogens is 1. The fraction of sp³-hybridized carbons (Fsp3) is 0.333. The normalized spacial score (nSPS) is 14.0. The second-order valence-electron chi connectivity index (χ2n) is 6.00. The molecule has 0 bridgehead atoms. The van der Waals surface area contributed by atoms with Gasteiger partial charge in [-0.05, 0) is 42.7 Å². The van der Waals surface area contributed by atoms with Gasteiger partial charge in [0.2, 0.25) is 0 Å². The SMILES string of the molecule is CN(Cc1ccc(Cl)cc1Cl)C(=O)c1ccc(N2CCCC2)nc1. The topological polar surface area (TPSA) is 36.4 Å². The van der Waals surface area contributed by atoms with Crippen LogP contribution in [-0.4, -0.2) is 35.9 Å². The Morgan fingerprint density at radius 3 is 2.58 bits per heavy atom. The van der Waals surface area contributed by atoms with E-state index in [0.717, 1.165) is 24.5 Å². The van der Waals surface area contributed by atoms with Gasteiger partial charge in [0.05, 0.1) is 5.56 Å². The van der Waals surface area contributed by atoms with Crippen molar-refractivity contribution in [3.8, 4) is 0 Å². The van der Waals surface area contributed by atoms with Crippen LogP contribution < -0.4 is 4.90 Å². The second-order valence-corrected chi connectivity index (χ2v) is 6.84. The van der Waals surface area contributed by atoms with E-state index in [4.69, 9.17) is 23.2 Å². The molecule has 24 heavy (non-hydrogen) atoms. The van der Waals surface area contributed by atoms with Gasteiger partial charge in [0, 0.05) is 42.9 Å². The van der Waals surface area contributed by atoms with E-state index in [1.165, 1.54) is 12.8 Å². The van der Waals surface area contributed by atoms with Crippen molar-refractivity contribution in [1.29, 1.82) is 0 Å². The molecule has 0 spiro atoms. The number of carbonyl (C=O) groups is 1. The molecule has 2 aromatic rings. The van der Waals surface area contributed by atoms with Crippen molar-refractivity contribution < 1.29 is 4.79 Å². The summed E-state index contributed by atoms with van der Waals surface area (Å²) in [5.74, 6) is 0.855. The van der Waals surface area contributed by atoms with Crippen molar-refractivity contribution in [2.75, 3.05) is 25.0 Å². The third-order valence-electron chi connectivity index (χ3n) is 4.19. The van der Waals surface area contributed by atoms with E-state index in [2.05, 4.69) is 9.88 Å². The summed E-state index contributed by atoms with van der Waals surface area (Å²) in [5.41, 5.74) is 1.43. The number of rotatable bonds is 4. The molecule has 1 saturated heterocycles. The molecule has 1 aliphatic rings. The summed E-state index contributed by atoms with van der Waals surface area (Å²) in [5, 5.41) is 1.14. The molecular formula is C18H19Cl2N3O. The minimum absolute atomic E-state index is 0.0820. The smallest absolute Gasteiger partial charge is 0.255 e. The predicted octanol–water partition coefficient (Wildman–Crippen LogP) is 4.26. The monoisotopic (exact) mass is 363 g/mol. The number of hydrogen-bond acceptors (Lipinski definition) is 3. The van der Waals surface area contributed by atoms with Crippen LogP contribution >= 0.6 is 23.2 Å². The van der Waals surface area contributed by atoms with Crippen molar-refractivity contribution in [2.24, 2.45) is 0 Å². The first-order chi connectivity index (χ1) is 11.5. The zero-order valence-electron chi connectivity index (χ0n) is 13.5. The van der Waals surface area contributed by atoms with E-state index in [-0.39, 0.29) is 5.91 Å². The van der Waals surface area contributed by atoms with Crippen LogP contribution in [-0.2, 0) is 6.54 Å². The third-order valence-corrected chi connectivity index (χ3v) is 4.78. The number of amides is 1. The highest BCUT2D eigenvalue weighted by Crippen LogP contribution is 2.23. The summed E-state index contributed by atoms with van der Waals surface area (Å²) in [4.78, 5) is 20.9. The molecule has 2 heterocycles. The Bertz CT molecular complexity index is 728. The minimum atomic E-state index is -0.0820. The minimum Gasteiger partial charge on any atom is -0.357 e. The van der Waals surface area contributed by atoms with E-state index < -0.39 is 0 Å². The number of hydrogen-bond donors (Lipinski definition) is 0. The van der Waals surface area contributed by atoms with Gasteiger partial charge in [-0.3, -0.25) is 4.79 Å². The summed E-state index contributed by atoms with van der Waals surface area (Å²) in [6, 6.07) is 9.05. The highest BCUT2D eigenvalue weighted by atomic mass is 35.5. The average molecular weight is 364 g/mol.